The Morgan fingerprint density at radius 3 is 1.62 bits per heavy atom. The van der Waals surface area contributed by atoms with Gasteiger partial charge >= 0.3 is 0 Å². The maximum atomic E-state index is 9.62. The van der Waals surface area contributed by atoms with E-state index in [4.69, 9.17) is 0 Å². The first-order valence-corrected chi connectivity index (χ1v) is 4.16. The smallest absolute Gasteiger partial charge is 0 e. The van der Waals surface area contributed by atoms with Gasteiger partial charge in [0.1, 0.15) is 0 Å². The van der Waals surface area contributed by atoms with Crippen LogP contribution in [0.1, 0.15) is 41.5 Å². The Hall–Kier alpha value is -1.53. The molecule has 0 aromatic carbocycles. The molecule has 1 N–H and O–H groups in total. The van der Waals surface area contributed by atoms with Crippen LogP contribution < -0.4 is 5.32 Å². The summed E-state index contributed by atoms with van der Waals surface area (Å²) in [5.41, 5.74) is 0.178. The molecule has 1 amide bonds. The molecule has 0 rings (SSSR count). The molecule has 0 heterocycles. The van der Waals surface area contributed by atoms with Gasteiger partial charge in [0.05, 0.1) is 0 Å². The summed E-state index contributed by atoms with van der Waals surface area (Å²) in [7, 11) is 0. The first-order valence-electron chi connectivity index (χ1n) is 4.16. The van der Waals surface area contributed by atoms with E-state index in [2.05, 4.69) is 46.9 Å². The van der Waals surface area contributed by atoms with Gasteiger partial charge in [0.25, 0.3) is 0 Å². The van der Waals surface area contributed by atoms with Crippen molar-refractivity contribution in [3.63, 3.8) is 0 Å². The molecule has 0 radical (unpaired) electrons. The Bertz CT molecular complexity index is 105. The molecule has 0 bridgehead atoms. The third-order valence-electron chi connectivity index (χ3n) is 0.691. The second-order valence-electron chi connectivity index (χ2n) is 4.52. The summed E-state index contributed by atoms with van der Waals surface area (Å²) in [6.07, 6.45) is 1.62. The minimum Gasteiger partial charge on any atom is -0.529 e. The molecule has 0 aliphatic carbocycles. The van der Waals surface area contributed by atoms with Gasteiger partial charge in [-0.05, 0) is 12.0 Å². The molecular weight excluding hydrogens is 417 g/mol. The zero-order valence-corrected chi connectivity index (χ0v) is 16.2. The third-order valence-corrected chi connectivity index (χ3v) is 0.691. The van der Waals surface area contributed by atoms with Gasteiger partial charge in [0.15, 0.2) is 0 Å². The number of nitrogens with one attached hydrogen (secondary N) is 1. The largest absolute Gasteiger partial charge is 0.529 e. The summed E-state index contributed by atoms with van der Waals surface area (Å²) in [6.45, 7) is 13.1. The maximum Gasteiger partial charge on any atom is 0 e. The van der Waals surface area contributed by atoms with Crippen LogP contribution in [0.3, 0.4) is 0 Å². The van der Waals surface area contributed by atoms with Crippen molar-refractivity contribution in [2.45, 2.75) is 41.5 Å². The van der Waals surface area contributed by atoms with Crippen LogP contribution in [0.5, 0.6) is 0 Å². The van der Waals surface area contributed by atoms with Gasteiger partial charge in [-0.2, -0.15) is 27.2 Å². The van der Waals surface area contributed by atoms with Gasteiger partial charge in [0, 0.05) is 0 Å². The van der Waals surface area contributed by atoms with Crippen molar-refractivity contribution in [2.75, 3.05) is 6.54 Å². The average Bonchev–Trinajstić information content (AvgIpc) is 1.80. The SMILES string of the molecule is CC(C)(C)CN[C-]=O.C[C-](C)C.[Rf]. The number of carbonyl (C=O) groups excluding carboxylic acids is 1. The second-order valence-corrected chi connectivity index (χ2v) is 4.52. The van der Waals surface area contributed by atoms with E-state index in [-0.39, 0.29) is 5.41 Å². The molecule has 0 aliphatic rings. The topological polar surface area (TPSA) is 29.1 Å². The Morgan fingerprint density at radius 1 is 1.23 bits per heavy atom. The Morgan fingerprint density at radius 2 is 1.54 bits per heavy atom. The van der Waals surface area contributed by atoms with Gasteiger partial charge in [-0.1, -0.05) is 20.8 Å². The molecule has 0 atom stereocenters. The molecule has 0 aromatic rings. The van der Waals surface area contributed by atoms with Crippen molar-refractivity contribution in [3.8, 4) is 0 Å². The minimum atomic E-state index is 0. The Labute approximate surface area is 76.7 Å². The molecule has 0 saturated carbocycles. The summed E-state index contributed by atoms with van der Waals surface area (Å²) in [4.78, 5) is 9.62. The number of amides is 1. The van der Waals surface area contributed by atoms with Gasteiger partial charge in [-0.3, -0.25) is 0 Å². The number of hydrogen-bond acceptors (Lipinski definition) is 1. The normalized spacial score (nSPS) is 9.46. The maximum absolute atomic E-state index is 9.62. The molecule has 3 heteroatoms. The summed E-state index contributed by atoms with van der Waals surface area (Å²) >= 11 is 0. The summed E-state index contributed by atoms with van der Waals surface area (Å²) in [5, 5.41) is 2.48. The molecule has 2 nitrogen and oxygen atoms in total. The van der Waals surface area contributed by atoms with E-state index >= 15 is 0 Å². The summed E-state index contributed by atoms with van der Waals surface area (Å²) < 4.78 is 0. The molecule has 76 valence electrons. The van der Waals surface area contributed by atoms with E-state index in [1.165, 1.54) is 5.92 Å². The zero-order chi connectivity index (χ0) is 10.2. The van der Waals surface area contributed by atoms with Crippen LogP contribution in [0, 0.1) is 11.3 Å². The first kappa shape index (κ1) is 17.5. The van der Waals surface area contributed by atoms with E-state index < -0.39 is 0 Å². The van der Waals surface area contributed by atoms with Crippen molar-refractivity contribution < 1.29 is 4.79 Å². The predicted molar refractivity (Wildman–Crippen MR) is 53.4 cm³/mol. The third kappa shape index (κ3) is 62.4. The second kappa shape index (κ2) is 8.57. The number of rotatable bonds is 2. The van der Waals surface area contributed by atoms with Crippen molar-refractivity contribution in [3.05, 3.63) is 5.92 Å². The minimum absolute atomic E-state index is 0. The average molecular weight is 438 g/mol. The van der Waals surface area contributed by atoms with Gasteiger partial charge in [0.2, 0.25) is 0 Å². The van der Waals surface area contributed by atoms with Crippen LogP contribution >= 0.6 is 0 Å². The van der Waals surface area contributed by atoms with Gasteiger partial charge < -0.3 is 16.0 Å². The zero-order valence-electron chi connectivity index (χ0n) is 9.82. The van der Waals surface area contributed by atoms with Crippen LogP contribution in [0.2, 0.25) is 0 Å². The molecule has 0 aromatic heterocycles. The van der Waals surface area contributed by atoms with Crippen LogP contribution in [0.25, 0.3) is 0 Å². The molecule has 0 saturated heterocycles. The van der Waals surface area contributed by atoms with E-state index in [9.17, 15) is 4.79 Å². The molecule has 0 aliphatic heterocycles. The van der Waals surface area contributed by atoms with Crippen LogP contribution in [-0.4, -0.2) is 13.0 Å². The van der Waals surface area contributed by atoms with Crippen molar-refractivity contribution in [1.29, 1.82) is 0 Å². The fourth-order valence-electron chi connectivity index (χ4n) is 0.301. The van der Waals surface area contributed by atoms with Crippen LogP contribution in [0.4, 0.5) is 0 Å². The Kier molecular flexibility index (Phi) is 11.5. The standard InChI is InChI=1S/C6H12NO.C4H9.Rf/c1-6(2,3)4-7-5-8;1-4(2)3;/h4H2,1-3H3,(H,7,8);1-3H3;/q2*-1;. The predicted octanol–water partition coefficient (Wildman–Crippen LogP) is 2.31. The summed E-state index contributed by atoms with van der Waals surface area (Å²) in [5.74, 6) is 1.42. The summed E-state index contributed by atoms with van der Waals surface area (Å²) in [6, 6.07) is 0. The van der Waals surface area contributed by atoms with Gasteiger partial charge in [-0.25, -0.2) is 0 Å². The Balaban J connectivity index is -0.000000173. The fourth-order valence-corrected chi connectivity index (χ4v) is 0.301. The van der Waals surface area contributed by atoms with Crippen LogP contribution in [0.15, 0.2) is 0 Å². The molecule has 0 spiro atoms. The van der Waals surface area contributed by atoms with Crippen molar-refractivity contribution >= 4 is 6.41 Å². The molecular formula is C10H21NORf-2. The molecule has 13 heavy (non-hydrogen) atoms. The van der Waals surface area contributed by atoms with Crippen molar-refractivity contribution in [1.82, 2.24) is 5.32 Å². The monoisotopic (exact) mass is 438 g/mol. The van der Waals surface area contributed by atoms with Gasteiger partial charge in [-0.15, -0.1) is 0 Å². The fraction of sp³-hybridized carbons (Fsp3) is 0.800. The van der Waals surface area contributed by atoms with E-state index in [1.807, 2.05) is 0 Å². The number of hydrogen-bond donors (Lipinski definition) is 1. The van der Waals surface area contributed by atoms with E-state index in [0.717, 1.165) is 0 Å². The quantitative estimate of drug-likeness (QED) is 0.521. The van der Waals surface area contributed by atoms with E-state index in [0.29, 0.717) is 6.54 Å². The molecule has 0 fully saturated rings. The van der Waals surface area contributed by atoms with Crippen molar-refractivity contribution in [2.24, 2.45) is 5.41 Å². The van der Waals surface area contributed by atoms with Crippen LogP contribution in [-0.2, 0) is 4.79 Å². The van der Waals surface area contributed by atoms with E-state index in [1.54, 1.807) is 6.41 Å². The molecule has 0 unspecified atom stereocenters. The first-order chi connectivity index (χ1) is 5.29.